The fourth-order valence-corrected chi connectivity index (χ4v) is 2.62. The summed E-state index contributed by atoms with van der Waals surface area (Å²) < 4.78 is 12.1. The molecule has 0 aliphatic rings. The Morgan fingerprint density at radius 3 is 2.67 bits per heavy atom. The van der Waals surface area contributed by atoms with Crippen molar-refractivity contribution in [3.05, 3.63) is 53.5 Å². The van der Waals surface area contributed by atoms with Crippen molar-refractivity contribution in [1.82, 2.24) is 19.8 Å². The second kappa shape index (κ2) is 7.94. The van der Waals surface area contributed by atoms with Crippen LogP contribution in [0.25, 0.3) is 5.69 Å². The van der Waals surface area contributed by atoms with E-state index in [0.29, 0.717) is 18.1 Å². The molecule has 0 radical (unpaired) electrons. The van der Waals surface area contributed by atoms with Gasteiger partial charge in [-0.2, -0.15) is 5.10 Å². The molecule has 27 heavy (non-hydrogen) atoms. The Labute approximate surface area is 157 Å². The highest BCUT2D eigenvalue weighted by atomic mass is 16.5. The molecule has 0 aliphatic carbocycles. The number of nitrogens with zero attached hydrogens (tertiary/aromatic N) is 4. The zero-order valence-electron chi connectivity index (χ0n) is 15.9. The number of ether oxygens (including phenoxy) is 1. The highest BCUT2D eigenvalue weighted by Crippen LogP contribution is 2.20. The first-order valence-electron chi connectivity index (χ1n) is 8.67. The van der Waals surface area contributed by atoms with Gasteiger partial charge in [0, 0.05) is 19.2 Å². The number of rotatable bonds is 6. The molecular formula is C19H23N5O3. The largest absolute Gasteiger partial charge is 0.497 e. The van der Waals surface area contributed by atoms with Gasteiger partial charge in [-0.15, -0.1) is 0 Å². The van der Waals surface area contributed by atoms with E-state index < -0.39 is 0 Å². The number of nitrogens with one attached hydrogen (secondary N) is 1. The van der Waals surface area contributed by atoms with Gasteiger partial charge in [0.05, 0.1) is 30.7 Å². The lowest BCUT2D eigenvalue weighted by atomic mass is 10.3. The minimum atomic E-state index is -0.265. The number of amides is 2. The molecule has 0 unspecified atom stereocenters. The van der Waals surface area contributed by atoms with Gasteiger partial charge in [-0.25, -0.2) is 9.48 Å². The second-order valence-electron chi connectivity index (χ2n) is 6.21. The first-order valence-corrected chi connectivity index (χ1v) is 8.67. The number of carbonyl (C=O) groups is 1. The van der Waals surface area contributed by atoms with Crippen LogP contribution in [0.2, 0.25) is 0 Å². The van der Waals surface area contributed by atoms with Crippen molar-refractivity contribution in [1.29, 1.82) is 0 Å². The molecule has 0 bridgehead atoms. The number of aryl methyl sites for hydroxylation is 2. The highest BCUT2D eigenvalue weighted by Gasteiger charge is 2.16. The normalized spacial score (nSPS) is 10.7. The lowest BCUT2D eigenvalue weighted by Gasteiger charge is -2.17. The SMILES string of the molecule is CCc1cc(CN(C)C(=O)Nc2cc(C)nn2-c2ccc(OC)cc2)on1. The van der Waals surface area contributed by atoms with Gasteiger partial charge in [0.2, 0.25) is 0 Å². The first kappa shape index (κ1) is 18.5. The average molecular weight is 369 g/mol. The van der Waals surface area contributed by atoms with E-state index in [1.54, 1.807) is 18.8 Å². The highest BCUT2D eigenvalue weighted by molar-refractivity contribution is 5.88. The van der Waals surface area contributed by atoms with E-state index in [-0.39, 0.29) is 6.03 Å². The van der Waals surface area contributed by atoms with Crippen molar-refractivity contribution in [2.24, 2.45) is 0 Å². The Morgan fingerprint density at radius 2 is 2.04 bits per heavy atom. The third-order valence-electron chi connectivity index (χ3n) is 4.09. The van der Waals surface area contributed by atoms with Crippen LogP contribution in [0, 0.1) is 6.92 Å². The van der Waals surface area contributed by atoms with Gasteiger partial charge in [0.1, 0.15) is 11.6 Å². The quantitative estimate of drug-likeness (QED) is 0.720. The molecule has 142 valence electrons. The maximum atomic E-state index is 12.6. The summed E-state index contributed by atoms with van der Waals surface area (Å²) in [6.07, 6.45) is 0.791. The van der Waals surface area contributed by atoms with Gasteiger partial charge in [0.25, 0.3) is 0 Å². The molecule has 1 N–H and O–H groups in total. The van der Waals surface area contributed by atoms with Crippen LogP contribution >= 0.6 is 0 Å². The van der Waals surface area contributed by atoms with Crippen LogP contribution in [-0.2, 0) is 13.0 Å². The van der Waals surface area contributed by atoms with Crippen molar-refractivity contribution in [3.63, 3.8) is 0 Å². The van der Waals surface area contributed by atoms with E-state index in [1.165, 1.54) is 4.90 Å². The van der Waals surface area contributed by atoms with E-state index in [2.05, 4.69) is 15.6 Å². The Bertz CT molecular complexity index is 914. The number of hydrogen-bond acceptors (Lipinski definition) is 5. The molecule has 8 heteroatoms. The third-order valence-corrected chi connectivity index (χ3v) is 4.09. The van der Waals surface area contributed by atoms with Crippen molar-refractivity contribution >= 4 is 11.8 Å². The van der Waals surface area contributed by atoms with Gasteiger partial charge < -0.3 is 14.2 Å². The monoisotopic (exact) mass is 369 g/mol. The molecule has 0 spiro atoms. The smallest absolute Gasteiger partial charge is 0.323 e. The summed E-state index contributed by atoms with van der Waals surface area (Å²) in [5.41, 5.74) is 2.49. The Morgan fingerprint density at radius 1 is 1.30 bits per heavy atom. The molecule has 3 rings (SSSR count). The summed E-state index contributed by atoms with van der Waals surface area (Å²) in [6.45, 7) is 4.20. The zero-order valence-corrected chi connectivity index (χ0v) is 15.9. The molecule has 0 aliphatic heterocycles. The third kappa shape index (κ3) is 4.28. The van der Waals surface area contributed by atoms with Gasteiger partial charge >= 0.3 is 6.03 Å². The van der Waals surface area contributed by atoms with Crippen LogP contribution in [0.5, 0.6) is 5.75 Å². The van der Waals surface area contributed by atoms with Crippen molar-refractivity contribution < 1.29 is 14.1 Å². The molecule has 1 aromatic carbocycles. The Hall–Kier alpha value is -3.29. The number of methoxy groups -OCH3 is 1. The van der Waals surface area contributed by atoms with Crippen molar-refractivity contribution in [3.8, 4) is 11.4 Å². The van der Waals surface area contributed by atoms with Gasteiger partial charge in [-0.05, 0) is 37.6 Å². The summed E-state index contributed by atoms with van der Waals surface area (Å²) in [4.78, 5) is 14.1. The first-order chi connectivity index (χ1) is 13.0. The van der Waals surface area contributed by atoms with Crippen LogP contribution in [0.4, 0.5) is 10.6 Å². The average Bonchev–Trinajstić information content (AvgIpc) is 3.27. The van der Waals surface area contributed by atoms with E-state index in [0.717, 1.165) is 29.2 Å². The van der Waals surface area contributed by atoms with E-state index >= 15 is 0 Å². The van der Waals surface area contributed by atoms with Crippen molar-refractivity contribution in [2.45, 2.75) is 26.8 Å². The molecule has 8 nitrogen and oxygen atoms in total. The second-order valence-corrected chi connectivity index (χ2v) is 6.21. The molecule has 3 aromatic rings. The van der Waals surface area contributed by atoms with Gasteiger partial charge in [0.15, 0.2) is 5.76 Å². The summed E-state index contributed by atoms with van der Waals surface area (Å²) >= 11 is 0. The molecule has 2 amide bonds. The van der Waals surface area contributed by atoms with E-state index in [4.69, 9.17) is 9.26 Å². The summed E-state index contributed by atoms with van der Waals surface area (Å²) in [6, 6.07) is 10.9. The molecule has 0 atom stereocenters. The predicted octanol–water partition coefficient (Wildman–Crippen LogP) is 3.40. The van der Waals surface area contributed by atoms with Crippen LogP contribution in [0.3, 0.4) is 0 Å². The summed E-state index contributed by atoms with van der Waals surface area (Å²) in [5, 5.41) is 11.3. The predicted molar refractivity (Wildman–Crippen MR) is 101 cm³/mol. The number of benzene rings is 1. The maximum Gasteiger partial charge on any atom is 0.323 e. The number of hydrogen-bond donors (Lipinski definition) is 1. The van der Waals surface area contributed by atoms with E-state index in [9.17, 15) is 4.79 Å². The number of urea groups is 1. The standard InChI is InChI=1S/C19H23N5O3/c1-5-14-11-17(27-22-14)12-23(3)19(25)20-18-10-13(2)21-24(18)15-6-8-16(26-4)9-7-15/h6-11H,5,12H2,1-4H3,(H,20,25). The number of carbonyl (C=O) groups excluding carboxylic acids is 1. The minimum absolute atomic E-state index is 0.265. The van der Waals surface area contributed by atoms with Crippen LogP contribution in [0.15, 0.2) is 40.9 Å². The molecule has 0 saturated heterocycles. The van der Waals surface area contributed by atoms with Crippen LogP contribution < -0.4 is 10.1 Å². The van der Waals surface area contributed by atoms with E-state index in [1.807, 2.05) is 50.2 Å². The van der Waals surface area contributed by atoms with Crippen LogP contribution in [0.1, 0.15) is 24.1 Å². The fraction of sp³-hybridized carbons (Fsp3) is 0.316. The van der Waals surface area contributed by atoms with Gasteiger partial charge in [-0.1, -0.05) is 12.1 Å². The van der Waals surface area contributed by atoms with Crippen molar-refractivity contribution in [2.75, 3.05) is 19.5 Å². The minimum Gasteiger partial charge on any atom is -0.497 e. The summed E-state index contributed by atoms with van der Waals surface area (Å²) in [7, 11) is 3.32. The lowest BCUT2D eigenvalue weighted by molar-refractivity contribution is 0.214. The maximum absolute atomic E-state index is 12.6. The Balaban J connectivity index is 1.73. The molecule has 0 saturated carbocycles. The molecule has 0 fully saturated rings. The lowest BCUT2D eigenvalue weighted by Crippen LogP contribution is -2.31. The molecular weight excluding hydrogens is 346 g/mol. The van der Waals surface area contributed by atoms with Crippen LogP contribution in [-0.4, -0.2) is 40.0 Å². The molecule has 2 aromatic heterocycles. The van der Waals surface area contributed by atoms with Gasteiger partial charge in [-0.3, -0.25) is 5.32 Å². The fourth-order valence-electron chi connectivity index (χ4n) is 2.62. The number of aromatic nitrogens is 3. The topological polar surface area (TPSA) is 85.4 Å². The number of anilines is 1. The zero-order chi connectivity index (χ0) is 19.4. The molecule has 2 heterocycles. The Kier molecular flexibility index (Phi) is 5.44. The summed E-state index contributed by atoms with van der Waals surface area (Å²) in [5.74, 6) is 1.98.